The number of urea groups is 1. The molecule has 1 saturated carbocycles. The van der Waals surface area contributed by atoms with Gasteiger partial charge in [0.15, 0.2) is 0 Å². The van der Waals surface area contributed by atoms with Crippen LogP contribution < -0.4 is 16.0 Å². The summed E-state index contributed by atoms with van der Waals surface area (Å²) in [4.78, 5) is 38.2. The van der Waals surface area contributed by atoms with Crippen LogP contribution in [0.3, 0.4) is 0 Å². The van der Waals surface area contributed by atoms with Crippen molar-refractivity contribution in [2.24, 2.45) is 5.92 Å². The van der Waals surface area contributed by atoms with Gasteiger partial charge in [0.2, 0.25) is 5.91 Å². The predicted molar refractivity (Wildman–Crippen MR) is 84.6 cm³/mol. The number of hydrogen-bond acceptors (Lipinski definition) is 4. The molecule has 1 spiro atoms. The summed E-state index contributed by atoms with van der Waals surface area (Å²) in [5.41, 5.74) is -0.752. The van der Waals surface area contributed by atoms with E-state index in [9.17, 15) is 14.4 Å². The van der Waals surface area contributed by atoms with Crippen molar-refractivity contribution in [2.75, 3.05) is 19.6 Å². The fourth-order valence-corrected chi connectivity index (χ4v) is 3.94. The molecular weight excluding hydrogens is 296 g/mol. The average Bonchev–Trinajstić information content (AvgIpc) is 2.75. The summed E-state index contributed by atoms with van der Waals surface area (Å²) in [6.45, 7) is 3.66. The highest BCUT2D eigenvalue weighted by Crippen LogP contribution is 2.33. The van der Waals surface area contributed by atoms with Crippen molar-refractivity contribution in [1.29, 1.82) is 0 Å². The second-order valence-electron chi connectivity index (χ2n) is 7.11. The lowest BCUT2D eigenvalue weighted by molar-refractivity contribution is -0.136. The van der Waals surface area contributed by atoms with E-state index in [-0.39, 0.29) is 24.4 Å². The number of piperidine rings is 1. The van der Waals surface area contributed by atoms with Crippen LogP contribution in [0.4, 0.5) is 4.79 Å². The maximum absolute atomic E-state index is 12.6. The third-order valence-electron chi connectivity index (χ3n) is 5.39. The topological polar surface area (TPSA) is 90.5 Å². The Labute approximate surface area is 136 Å². The van der Waals surface area contributed by atoms with Crippen molar-refractivity contribution in [3.05, 3.63) is 0 Å². The highest BCUT2D eigenvalue weighted by Gasteiger charge is 2.51. The predicted octanol–water partition coefficient (Wildman–Crippen LogP) is 0.355. The third-order valence-corrected chi connectivity index (χ3v) is 5.39. The van der Waals surface area contributed by atoms with Crippen LogP contribution in [-0.2, 0) is 9.59 Å². The zero-order chi connectivity index (χ0) is 16.4. The van der Waals surface area contributed by atoms with Crippen molar-refractivity contribution in [2.45, 2.75) is 57.0 Å². The van der Waals surface area contributed by atoms with Gasteiger partial charge in [-0.1, -0.05) is 26.2 Å². The molecule has 128 valence electrons. The van der Waals surface area contributed by atoms with Gasteiger partial charge in [0.05, 0.1) is 0 Å². The summed E-state index contributed by atoms with van der Waals surface area (Å²) in [5, 5.41) is 9.09. The summed E-state index contributed by atoms with van der Waals surface area (Å²) in [7, 11) is 0. The third kappa shape index (κ3) is 3.20. The van der Waals surface area contributed by atoms with E-state index in [0.29, 0.717) is 18.8 Å². The van der Waals surface area contributed by atoms with Gasteiger partial charge in [0.1, 0.15) is 12.1 Å². The molecule has 23 heavy (non-hydrogen) atoms. The van der Waals surface area contributed by atoms with Gasteiger partial charge in [-0.2, -0.15) is 0 Å². The van der Waals surface area contributed by atoms with Gasteiger partial charge in [0, 0.05) is 6.04 Å². The van der Waals surface area contributed by atoms with Crippen molar-refractivity contribution in [3.63, 3.8) is 0 Å². The Bertz CT molecular complexity index is 502. The summed E-state index contributed by atoms with van der Waals surface area (Å²) >= 11 is 0. The van der Waals surface area contributed by atoms with E-state index in [4.69, 9.17) is 0 Å². The lowest BCUT2D eigenvalue weighted by Gasteiger charge is -2.31. The number of nitrogens with one attached hydrogen (secondary N) is 3. The maximum Gasteiger partial charge on any atom is 0.325 e. The van der Waals surface area contributed by atoms with E-state index in [1.165, 1.54) is 0 Å². The van der Waals surface area contributed by atoms with Gasteiger partial charge in [-0.05, 0) is 38.3 Å². The molecule has 3 rings (SSSR count). The number of amides is 4. The number of hydrogen-bond donors (Lipinski definition) is 3. The lowest BCUT2D eigenvalue weighted by atomic mass is 9.82. The molecule has 2 aliphatic heterocycles. The van der Waals surface area contributed by atoms with E-state index in [2.05, 4.69) is 22.9 Å². The van der Waals surface area contributed by atoms with E-state index in [0.717, 1.165) is 43.7 Å². The van der Waals surface area contributed by atoms with Crippen LogP contribution in [0, 0.1) is 5.92 Å². The minimum atomic E-state index is -0.752. The van der Waals surface area contributed by atoms with Crippen LogP contribution in [0.2, 0.25) is 0 Å². The fourth-order valence-electron chi connectivity index (χ4n) is 3.94. The number of rotatable bonds is 3. The highest BCUT2D eigenvalue weighted by molar-refractivity contribution is 6.09. The average molecular weight is 322 g/mol. The minimum absolute atomic E-state index is 0.105. The van der Waals surface area contributed by atoms with E-state index in [1.807, 2.05) is 0 Å². The Morgan fingerprint density at radius 3 is 2.74 bits per heavy atom. The zero-order valence-electron chi connectivity index (χ0n) is 13.7. The molecule has 1 aliphatic carbocycles. The van der Waals surface area contributed by atoms with Crippen LogP contribution in [0.1, 0.15) is 45.4 Å². The van der Waals surface area contributed by atoms with Crippen molar-refractivity contribution in [1.82, 2.24) is 20.9 Å². The standard InChI is InChI=1S/C16H26N4O3/c1-11-9-17-8-5-12(11)18-13(21)10-20-14(22)16(19-15(20)23)6-3-2-4-7-16/h11-12,17H,2-10H2,1H3,(H,18,21)(H,19,23). The normalized spacial score (nSPS) is 30.4. The molecule has 3 fully saturated rings. The van der Waals surface area contributed by atoms with Crippen LogP contribution >= 0.6 is 0 Å². The Kier molecular flexibility index (Phi) is 4.57. The lowest BCUT2D eigenvalue weighted by Crippen LogP contribution is -2.52. The molecule has 7 nitrogen and oxygen atoms in total. The summed E-state index contributed by atoms with van der Waals surface area (Å²) in [5.74, 6) is -0.128. The summed E-state index contributed by atoms with van der Waals surface area (Å²) < 4.78 is 0. The first-order valence-corrected chi connectivity index (χ1v) is 8.66. The van der Waals surface area contributed by atoms with Gasteiger partial charge in [-0.3, -0.25) is 14.5 Å². The molecule has 2 unspecified atom stereocenters. The molecule has 0 aromatic heterocycles. The number of imide groups is 1. The molecule has 0 radical (unpaired) electrons. The van der Waals surface area contributed by atoms with Crippen LogP contribution in [0.15, 0.2) is 0 Å². The van der Waals surface area contributed by atoms with Crippen molar-refractivity contribution in [3.8, 4) is 0 Å². The Balaban J connectivity index is 1.59. The number of nitrogens with zero attached hydrogens (tertiary/aromatic N) is 1. The fraction of sp³-hybridized carbons (Fsp3) is 0.812. The van der Waals surface area contributed by atoms with Crippen LogP contribution in [0.5, 0.6) is 0 Å². The second-order valence-corrected chi connectivity index (χ2v) is 7.11. The van der Waals surface area contributed by atoms with Crippen LogP contribution in [-0.4, -0.2) is 54.0 Å². The molecule has 2 atom stereocenters. The first kappa shape index (κ1) is 16.2. The van der Waals surface area contributed by atoms with Gasteiger partial charge < -0.3 is 16.0 Å². The molecule has 0 aromatic carbocycles. The molecule has 2 heterocycles. The number of carbonyl (C=O) groups excluding carboxylic acids is 3. The molecule has 0 aromatic rings. The molecule has 7 heteroatoms. The maximum atomic E-state index is 12.6. The first-order chi connectivity index (χ1) is 11.0. The first-order valence-electron chi connectivity index (χ1n) is 8.66. The monoisotopic (exact) mass is 322 g/mol. The summed E-state index contributed by atoms with van der Waals surface area (Å²) in [6, 6.07) is -0.321. The van der Waals surface area contributed by atoms with Gasteiger partial charge in [0.25, 0.3) is 5.91 Å². The van der Waals surface area contributed by atoms with E-state index in [1.54, 1.807) is 0 Å². The molecule has 3 N–H and O–H groups in total. The molecule has 4 amide bonds. The SMILES string of the molecule is CC1CNCCC1NC(=O)CN1C(=O)NC2(CCCCC2)C1=O. The van der Waals surface area contributed by atoms with Gasteiger partial charge >= 0.3 is 6.03 Å². The van der Waals surface area contributed by atoms with Crippen molar-refractivity contribution >= 4 is 17.8 Å². The van der Waals surface area contributed by atoms with E-state index >= 15 is 0 Å². The smallest absolute Gasteiger partial charge is 0.325 e. The Hall–Kier alpha value is -1.63. The van der Waals surface area contributed by atoms with Crippen molar-refractivity contribution < 1.29 is 14.4 Å². The summed E-state index contributed by atoms with van der Waals surface area (Å²) in [6.07, 6.45) is 5.22. The molecule has 3 aliphatic rings. The number of carbonyl (C=O) groups is 3. The van der Waals surface area contributed by atoms with Gasteiger partial charge in [-0.15, -0.1) is 0 Å². The van der Waals surface area contributed by atoms with Crippen LogP contribution in [0.25, 0.3) is 0 Å². The Morgan fingerprint density at radius 1 is 1.30 bits per heavy atom. The molecule has 0 bridgehead atoms. The second kappa shape index (κ2) is 6.47. The highest BCUT2D eigenvalue weighted by atomic mass is 16.2. The van der Waals surface area contributed by atoms with E-state index < -0.39 is 11.6 Å². The van der Waals surface area contributed by atoms with Gasteiger partial charge in [-0.25, -0.2) is 4.79 Å². The minimum Gasteiger partial charge on any atom is -0.351 e. The zero-order valence-corrected chi connectivity index (χ0v) is 13.7. The Morgan fingerprint density at radius 2 is 2.04 bits per heavy atom. The quantitative estimate of drug-likeness (QED) is 0.654. The molecular formula is C16H26N4O3. The largest absolute Gasteiger partial charge is 0.351 e. The molecule has 2 saturated heterocycles.